The summed E-state index contributed by atoms with van der Waals surface area (Å²) in [6, 6.07) is 4.15. The van der Waals surface area contributed by atoms with Crippen LogP contribution in [0.3, 0.4) is 0 Å². The van der Waals surface area contributed by atoms with Gasteiger partial charge >= 0.3 is 0 Å². The Kier molecular flexibility index (Phi) is 4.18. The number of carbonyl (C=O) groups is 1. The lowest BCUT2D eigenvalue weighted by molar-refractivity contribution is 0.0735. The molecule has 0 unspecified atom stereocenters. The molecule has 1 aromatic rings. The minimum absolute atomic E-state index is 0.0774. The maximum atomic E-state index is 12.4. The van der Waals surface area contributed by atoms with Gasteiger partial charge in [-0.05, 0) is 31.4 Å². The van der Waals surface area contributed by atoms with Gasteiger partial charge in [0.25, 0.3) is 5.91 Å². The maximum absolute atomic E-state index is 12.4. The lowest BCUT2D eigenvalue weighted by Gasteiger charge is -2.21. The van der Waals surface area contributed by atoms with E-state index in [9.17, 15) is 4.79 Å². The molecule has 0 aliphatic heterocycles. The van der Waals surface area contributed by atoms with Crippen LogP contribution < -0.4 is 5.32 Å². The second-order valence-electron chi connectivity index (χ2n) is 4.77. The number of unbranched alkanes of at least 4 members (excludes halogenated alkanes) is 1. The van der Waals surface area contributed by atoms with E-state index in [0.29, 0.717) is 11.7 Å². The van der Waals surface area contributed by atoms with Crippen LogP contribution >= 0.6 is 0 Å². The zero-order valence-electron chi connectivity index (χ0n) is 11.1. The van der Waals surface area contributed by atoms with Crippen molar-refractivity contribution in [2.45, 2.75) is 38.6 Å². The van der Waals surface area contributed by atoms with Gasteiger partial charge in [-0.3, -0.25) is 4.79 Å². The van der Waals surface area contributed by atoms with Gasteiger partial charge in [-0.1, -0.05) is 13.3 Å². The summed E-state index contributed by atoms with van der Waals surface area (Å²) >= 11 is 0. The Balaban J connectivity index is 2.06. The largest absolute Gasteiger partial charge is 0.387 e. The molecular formula is C14H21N3O. The minimum atomic E-state index is 0.0774. The molecule has 1 saturated carbocycles. The summed E-state index contributed by atoms with van der Waals surface area (Å²) < 4.78 is 0. The first kappa shape index (κ1) is 12.9. The third-order valence-electron chi connectivity index (χ3n) is 3.27. The molecule has 0 aromatic carbocycles. The Bertz CT molecular complexity index is 398. The number of hydrogen-bond donors (Lipinski definition) is 1. The molecule has 0 spiro atoms. The first-order chi connectivity index (χ1) is 8.76. The number of pyridine rings is 1. The molecule has 1 fully saturated rings. The smallest absolute Gasteiger partial charge is 0.272 e. The first-order valence-corrected chi connectivity index (χ1v) is 6.71. The molecule has 4 nitrogen and oxygen atoms in total. The van der Waals surface area contributed by atoms with Gasteiger partial charge in [0.15, 0.2) is 0 Å². The number of amides is 1. The molecule has 0 atom stereocenters. The quantitative estimate of drug-likeness (QED) is 0.840. The maximum Gasteiger partial charge on any atom is 0.272 e. The monoisotopic (exact) mass is 247 g/mol. The van der Waals surface area contributed by atoms with Crippen molar-refractivity contribution in [2.75, 3.05) is 18.9 Å². The standard InChI is InChI=1S/C14H21N3O/c1-3-4-9-17(12-6-7-12)14(18)13-8-5-11(15-2)10-16-13/h5,8,10,12,15H,3-4,6-7,9H2,1-2H3. The van der Waals surface area contributed by atoms with E-state index in [4.69, 9.17) is 0 Å². The molecule has 4 heteroatoms. The zero-order valence-corrected chi connectivity index (χ0v) is 11.1. The van der Waals surface area contributed by atoms with E-state index in [0.717, 1.165) is 37.9 Å². The molecule has 0 bridgehead atoms. The highest BCUT2D eigenvalue weighted by molar-refractivity contribution is 5.92. The highest BCUT2D eigenvalue weighted by atomic mass is 16.2. The fraction of sp³-hybridized carbons (Fsp3) is 0.571. The van der Waals surface area contributed by atoms with Gasteiger partial charge in [0.1, 0.15) is 5.69 Å². The lowest BCUT2D eigenvalue weighted by Crippen LogP contribution is -2.34. The van der Waals surface area contributed by atoms with E-state index in [1.807, 2.05) is 18.0 Å². The number of rotatable bonds is 6. The Morgan fingerprint density at radius 3 is 2.78 bits per heavy atom. The first-order valence-electron chi connectivity index (χ1n) is 6.71. The molecule has 2 rings (SSSR count). The molecule has 1 amide bonds. The highest BCUT2D eigenvalue weighted by Crippen LogP contribution is 2.28. The van der Waals surface area contributed by atoms with Crippen LogP contribution in [-0.2, 0) is 0 Å². The Hall–Kier alpha value is -1.58. The van der Waals surface area contributed by atoms with E-state index in [1.165, 1.54) is 0 Å². The van der Waals surface area contributed by atoms with Crippen LogP contribution in [0.5, 0.6) is 0 Å². The summed E-state index contributed by atoms with van der Waals surface area (Å²) in [5, 5.41) is 3.00. The number of nitrogens with zero attached hydrogens (tertiary/aromatic N) is 2. The van der Waals surface area contributed by atoms with Crippen molar-refractivity contribution in [2.24, 2.45) is 0 Å². The average molecular weight is 247 g/mol. The third kappa shape index (κ3) is 3.00. The van der Waals surface area contributed by atoms with Gasteiger partial charge in [-0.15, -0.1) is 0 Å². The summed E-state index contributed by atoms with van der Waals surface area (Å²) in [4.78, 5) is 18.6. The van der Waals surface area contributed by atoms with Gasteiger partial charge in [0.2, 0.25) is 0 Å². The molecule has 1 heterocycles. The molecule has 1 N–H and O–H groups in total. The molecule has 1 aromatic heterocycles. The minimum Gasteiger partial charge on any atom is -0.387 e. The number of anilines is 1. The molecule has 18 heavy (non-hydrogen) atoms. The van der Waals surface area contributed by atoms with Crippen molar-refractivity contribution in [3.63, 3.8) is 0 Å². The number of aromatic nitrogens is 1. The van der Waals surface area contributed by atoms with Gasteiger partial charge in [0.05, 0.1) is 11.9 Å². The second-order valence-corrected chi connectivity index (χ2v) is 4.77. The van der Waals surface area contributed by atoms with Crippen LogP contribution in [0.25, 0.3) is 0 Å². The Labute approximate surface area is 108 Å². The van der Waals surface area contributed by atoms with Crippen LogP contribution in [0.15, 0.2) is 18.3 Å². The van der Waals surface area contributed by atoms with Crippen LogP contribution in [0.2, 0.25) is 0 Å². The van der Waals surface area contributed by atoms with Crippen LogP contribution in [0.1, 0.15) is 43.1 Å². The molecular weight excluding hydrogens is 226 g/mol. The van der Waals surface area contributed by atoms with Gasteiger partial charge in [0, 0.05) is 19.6 Å². The Morgan fingerprint density at radius 1 is 1.50 bits per heavy atom. The van der Waals surface area contributed by atoms with Crippen LogP contribution in [-0.4, -0.2) is 35.4 Å². The average Bonchev–Trinajstić information content (AvgIpc) is 3.24. The summed E-state index contributed by atoms with van der Waals surface area (Å²) in [5.74, 6) is 0.0774. The van der Waals surface area contributed by atoms with E-state index >= 15 is 0 Å². The van der Waals surface area contributed by atoms with Crippen molar-refractivity contribution in [1.82, 2.24) is 9.88 Å². The predicted molar refractivity (Wildman–Crippen MR) is 72.8 cm³/mol. The van der Waals surface area contributed by atoms with Gasteiger partial charge in [-0.25, -0.2) is 4.98 Å². The summed E-state index contributed by atoms with van der Waals surface area (Å²) in [6.45, 7) is 3.00. The molecule has 1 aliphatic rings. The summed E-state index contributed by atoms with van der Waals surface area (Å²) in [7, 11) is 1.84. The van der Waals surface area contributed by atoms with Crippen molar-refractivity contribution in [3.05, 3.63) is 24.0 Å². The number of carbonyl (C=O) groups excluding carboxylic acids is 1. The van der Waals surface area contributed by atoms with E-state index in [-0.39, 0.29) is 5.91 Å². The molecule has 0 radical (unpaired) electrons. The van der Waals surface area contributed by atoms with Crippen LogP contribution in [0.4, 0.5) is 5.69 Å². The Morgan fingerprint density at radius 2 is 2.28 bits per heavy atom. The summed E-state index contributed by atoms with van der Waals surface area (Å²) in [5.41, 5.74) is 1.48. The second kappa shape index (κ2) is 5.85. The fourth-order valence-corrected chi connectivity index (χ4v) is 1.98. The number of hydrogen-bond acceptors (Lipinski definition) is 3. The SMILES string of the molecule is CCCCN(C(=O)c1ccc(NC)cn1)C1CC1. The predicted octanol–water partition coefficient (Wildman–Crippen LogP) is 2.53. The van der Waals surface area contributed by atoms with Crippen molar-refractivity contribution < 1.29 is 4.79 Å². The lowest BCUT2D eigenvalue weighted by atomic mass is 10.2. The third-order valence-corrected chi connectivity index (χ3v) is 3.27. The van der Waals surface area contributed by atoms with Gasteiger partial charge in [-0.2, -0.15) is 0 Å². The van der Waals surface area contributed by atoms with Crippen molar-refractivity contribution in [3.8, 4) is 0 Å². The van der Waals surface area contributed by atoms with Gasteiger partial charge < -0.3 is 10.2 Å². The van der Waals surface area contributed by atoms with Crippen molar-refractivity contribution in [1.29, 1.82) is 0 Å². The molecule has 1 aliphatic carbocycles. The van der Waals surface area contributed by atoms with E-state index in [1.54, 1.807) is 12.3 Å². The van der Waals surface area contributed by atoms with E-state index < -0.39 is 0 Å². The zero-order chi connectivity index (χ0) is 13.0. The van der Waals surface area contributed by atoms with Crippen LogP contribution in [0, 0.1) is 0 Å². The van der Waals surface area contributed by atoms with Crippen molar-refractivity contribution >= 4 is 11.6 Å². The normalized spacial score (nSPS) is 14.3. The summed E-state index contributed by atoms with van der Waals surface area (Å²) in [6.07, 6.45) is 6.17. The highest BCUT2D eigenvalue weighted by Gasteiger charge is 2.32. The topological polar surface area (TPSA) is 45.2 Å². The molecule has 98 valence electrons. The van der Waals surface area contributed by atoms with E-state index in [2.05, 4.69) is 17.2 Å². The fourth-order valence-electron chi connectivity index (χ4n) is 1.98. The number of nitrogens with one attached hydrogen (secondary N) is 1. The molecule has 0 saturated heterocycles.